The van der Waals surface area contributed by atoms with Gasteiger partial charge < -0.3 is 10.1 Å². The van der Waals surface area contributed by atoms with Crippen molar-refractivity contribution in [2.45, 2.75) is 45.1 Å². The summed E-state index contributed by atoms with van der Waals surface area (Å²) in [6.07, 6.45) is 6.44. The monoisotopic (exact) mass is 281 g/mol. The minimum absolute atomic E-state index is 0.332. The predicted molar refractivity (Wildman–Crippen MR) is 81.0 cm³/mol. The summed E-state index contributed by atoms with van der Waals surface area (Å²) in [5.41, 5.74) is 1.56. The maximum absolute atomic E-state index is 6.46. The molecule has 0 amide bonds. The minimum Gasteiger partial charge on any atom is -0.497 e. The van der Waals surface area contributed by atoms with E-state index in [4.69, 9.17) is 16.3 Å². The van der Waals surface area contributed by atoms with Gasteiger partial charge in [0.25, 0.3) is 0 Å². The molecule has 1 fully saturated rings. The molecule has 0 heterocycles. The lowest BCUT2D eigenvalue weighted by Crippen LogP contribution is -2.34. The van der Waals surface area contributed by atoms with Crippen LogP contribution in [0.2, 0.25) is 5.02 Å². The molecule has 1 N–H and O–H groups in total. The molecule has 0 spiro atoms. The molecule has 1 saturated carbocycles. The van der Waals surface area contributed by atoms with Gasteiger partial charge in [0, 0.05) is 11.1 Å². The average molecular weight is 282 g/mol. The van der Waals surface area contributed by atoms with Crippen molar-refractivity contribution in [3.05, 3.63) is 28.8 Å². The molecule has 19 heavy (non-hydrogen) atoms. The third kappa shape index (κ3) is 2.75. The van der Waals surface area contributed by atoms with Gasteiger partial charge >= 0.3 is 0 Å². The maximum Gasteiger partial charge on any atom is 0.120 e. The van der Waals surface area contributed by atoms with Crippen LogP contribution < -0.4 is 10.1 Å². The van der Waals surface area contributed by atoms with Crippen LogP contribution in [0.1, 0.15) is 50.6 Å². The van der Waals surface area contributed by atoms with E-state index in [1.54, 1.807) is 7.11 Å². The second kappa shape index (κ2) is 6.15. The van der Waals surface area contributed by atoms with Gasteiger partial charge in [-0.1, -0.05) is 37.4 Å². The Hall–Kier alpha value is -0.730. The molecule has 1 aromatic rings. The van der Waals surface area contributed by atoms with E-state index in [9.17, 15) is 0 Å². The van der Waals surface area contributed by atoms with Gasteiger partial charge in [-0.2, -0.15) is 0 Å². The van der Waals surface area contributed by atoms with Gasteiger partial charge in [0.15, 0.2) is 0 Å². The highest BCUT2D eigenvalue weighted by Crippen LogP contribution is 2.51. The van der Waals surface area contributed by atoms with Gasteiger partial charge in [0.05, 0.1) is 7.11 Å². The summed E-state index contributed by atoms with van der Waals surface area (Å²) < 4.78 is 5.24. The molecule has 0 bridgehead atoms. The first-order chi connectivity index (χ1) is 9.16. The Morgan fingerprint density at radius 1 is 1.37 bits per heavy atom. The highest BCUT2D eigenvalue weighted by Gasteiger charge is 2.40. The van der Waals surface area contributed by atoms with Gasteiger partial charge in [0.1, 0.15) is 5.75 Å². The first-order valence-corrected chi connectivity index (χ1v) is 7.55. The van der Waals surface area contributed by atoms with Crippen LogP contribution in [0.4, 0.5) is 0 Å². The second-order valence-electron chi connectivity index (χ2n) is 5.53. The Bertz CT molecular complexity index is 427. The summed E-state index contributed by atoms with van der Waals surface area (Å²) in [6, 6.07) is 6.36. The SMILES string of the molecule is CCC1(C(NC)c2ccc(OC)cc2Cl)CCCC1. The molecule has 0 aromatic heterocycles. The maximum atomic E-state index is 6.46. The number of benzene rings is 1. The van der Waals surface area contributed by atoms with E-state index in [1.807, 2.05) is 19.2 Å². The van der Waals surface area contributed by atoms with Crippen molar-refractivity contribution in [2.24, 2.45) is 5.41 Å². The topological polar surface area (TPSA) is 21.3 Å². The lowest BCUT2D eigenvalue weighted by Gasteiger charge is -2.37. The largest absolute Gasteiger partial charge is 0.497 e. The molecule has 0 aliphatic heterocycles. The molecular weight excluding hydrogens is 258 g/mol. The summed E-state index contributed by atoms with van der Waals surface area (Å²) in [5.74, 6) is 0.820. The Balaban J connectivity index is 2.36. The zero-order chi connectivity index (χ0) is 13.9. The zero-order valence-electron chi connectivity index (χ0n) is 12.1. The number of methoxy groups -OCH3 is 1. The fourth-order valence-electron chi connectivity index (χ4n) is 3.59. The fraction of sp³-hybridized carbons (Fsp3) is 0.625. The van der Waals surface area contributed by atoms with E-state index >= 15 is 0 Å². The van der Waals surface area contributed by atoms with E-state index in [1.165, 1.54) is 37.7 Å². The van der Waals surface area contributed by atoms with E-state index in [0.29, 0.717) is 11.5 Å². The van der Waals surface area contributed by atoms with E-state index in [-0.39, 0.29) is 0 Å². The van der Waals surface area contributed by atoms with Crippen LogP contribution in [0.25, 0.3) is 0 Å². The summed E-state index contributed by atoms with van der Waals surface area (Å²) in [7, 11) is 3.71. The molecule has 2 rings (SSSR count). The molecule has 0 saturated heterocycles. The molecule has 1 aliphatic carbocycles. The quantitative estimate of drug-likeness (QED) is 0.853. The van der Waals surface area contributed by atoms with Gasteiger partial charge in [-0.3, -0.25) is 0 Å². The Morgan fingerprint density at radius 2 is 2.05 bits per heavy atom. The van der Waals surface area contributed by atoms with Crippen LogP contribution >= 0.6 is 11.6 Å². The van der Waals surface area contributed by atoms with E-state index < -0.39 is 0 Å². The van der Waals surface area contributed by atoms with Crippen LogP contribution in [-0.2, 0) is 0 Å². The Kier molecular flexibility index (Phi) is 4.75. The zero-order valence-corrected chi connectivity index (χ0v) is 12.9. The lowest BCUT2D eigenvalue weighted by atomic mass is 9.73. The highest BCUT2D eigenvalue weighted by atomic mass is 35.5. The lowest BCUT2D eigenvalue weighted by molar-refractivity contribution is 0.195. The van der Waals surface area contributed by atoms with Gasteiger partial charge in [0.2, 0.25) is 0 Å². The Morgan fingerprint density at radius 3 is 2.53 bits per heavy atom. The Labute approximate surface area is 121 Å². The second-order valence-corrected chi connectivity index (χ2v) is 5.94. The number of hydrogen-bond acceptors (Lipinski definition) is 2. The summed E-state index contributed by atoms with van der Waals surface area (Å²) in [5, 5.41) is 4.31. The number of hydrogen-bond donors (Lipinski definition) is 1. The highest BCUT2D eigenvalue weighted by molar-refractivity contribution is 6.31. The van der Waals surface area contributed by atoms with Crippen LogP contribution in [0, 0.1) is 5.41 Å². The van der Waals surface area contributed by atoms with E-state index in [0.717, 1.165) is 10.8 Å². The van der Waals surface area contributed by atoms with Crippen LogP contribution in [0.5, 0.6) is 5.75 Å². The first kappa shape index (κ1) is 14.7. The van der Waals surface area contributed by atoms with Gasteiger partial charge in [-0.15, -0.1) is 0 Å². The first-order valence-electron chi connectivity index (χ1n) is 7.17. The van der Waals surface area contributed by atoms with Crippen molar-refractivity contribution >= 4 is 11.6 Å². The van der Waals surface area contributed by atoms with E-state index in [2.05, 4.69) is 18.3 Å². The third-order valence-corrected chi connectivity index (χ3v) is 5.05. The van der Waals surface area contributed by atoms with Crippen molar-refractivity contribution in [3.63, 3.8) is 0 Å². The molecule has 1 aliphatic rings. The smallest absolute Gasteiger partial charge is 0.120 e. The molecule has 0 radical (unpaired) electrons. The van der Waals surface area contributed by atoms with Crippen molar-refractivity contribution < 1.29 is 4.74 Å². The molecule has 3 heteroatoms. The number of nitrogens with one attached hydrogen (secondary N) is 1. The summed E-state index contributed by atoms with van der Waals surface area (Å²) in [6.45, 7) is 2.30. The standard InChI is InChI=1S/C16H24ClNO/c1-4-16(9-5-6-10-16)15(18-2)13-8-7-12(19-3)11-14(13)17/h7-8,11,15,18H,4-6,9-10H2,1-3H3. The molecule has 106 valence electrons. The van der Waals surface area contributed by atoms with Gasteiger partial charge in [-0.25, -0.2) is 0 Å². The number of halogens is 1. The predicted octanol–water partition coefficient (Wildman–Crippen LogP) is 4.58. The van der Waals surface area contributed by atoms with Crippen molar-refractivity contribution in [1.29, 1.82) is 0 Å². The van der Waals surface area contributed by atoms with Crippen molar-refractivity contribution in [2.75, 3.05) is 14.2 Å². The van der Waals surface area contributed by atoms with Crippen LogP contribution in [-0.4, -0.2) is 14.2 Å². The van der Waals surface area contributed by atoms with Gasteiger partial charge in [-0.05, 0) is 49.4 Å². The molecule has 2 nitrogen and oxygen atoms in total. The van der Waals surface area contributed by atoms with Crippen molar-refractivity contribution in [3.8, 4) is 5.75 Å². The van der Waals surface area contributed by atoms with Crippen molar-refractivity contribution in [1.82, 2.24) is 5.32 Å². The van der Waals surface area contributed by atoms with Crippen LogP contribution in [0.3, 0.4) is 0 Å². The number of ether oxygens (including phenoxy) is 1. The third-order valence-electron chi connectivity index (χ3n) is 4.72. The van der Waals surface area contributed by atoms with Crippen LogP contribution in [0.15, 0.2) is 18.2 Å². The summed E-state index contributed by atoms with van der Waals surface area (Å²) >= 11 is 6.46. The minimum atomic E-state index is 0.332. The average Bonchev–Trinajstić information content (AvgIpc) is 2.91. The fourth-order valence-corrected chi connectivity index (χ4v) is 3.87. The normalized spacial score (nSPS) is 19.4. The molecule has 1 unspecified atom stereocenters. The molecule has 1 atom stereocenters. The summed E-state index contributed by atoms with van der Waals surface area (Å²) in [4.78, 5) is 0. The molecular formula is C16H24ClNO. The number of rotatable bonds is 5. The molecule has 1 aromatic carbocycles.